The minimum atomic E-state index is -1.58. The molecule has 0 spiro atoms. The lowest BCUT2D eigenvalue weighted by Gasteiger charge is -2.27. The van der Waals surface area contributed by atoms with Crippen LogP contribution in [0.3, 0.4) is 0 Å². The Hall–Kier alpha value is -5.94. The van der Waals surface area contributed by atoms with Crippen LogP contribution in [0.2, 0.25) is 0 Å². The molecule has 1 aromatic carbocycles. The molecule has 6 amide bonds. The zero-order chi connectivity index (χ0) is 45.5. The van der Waals surface area contributed by atoms with Crippen LogP contribution in [0.5, 0.6) is 0 Å². The number of aliphatic imine (C=N–C) groups is 1. The summed E-state index contributed by atoms with van der Waals surface area (Å²) in [5.74, 6) is -7.55. The number of aromatic amines is 1. The molecule has 338 valence electrons. The van der Waals surface area contributed by atoms with Gasteiger partial charge in [0, 0.05) is 42.9 Å². The van der Waals surface area contributed by atoms with Crippen LogP contribution in [0.15, 0.2) is 35.5 Å². The predicted molar refractivity (Wildman–Crippen MR) is 228 cm³/mol. The highest BCUT2D eigenvalue weighted by Gasteiger charge is 2.33. The average molecular weight is 877 g/mol. The lowest BCUT2D eigenvalue weighted by Crippen LogP contribution is -2.59. The molecule has 0 saturated carbocycles. The quantitative estimate of drug-likeness (QED) is 0.0221. The Balaban J connectivity index is 2.39. The van der Waals surface area contributed by atoms with Crippen LogP contribution in [0.1, 0.15) is 69.8 Å². The molecule has 0 aliphatic carbocycles. The Morgan fingerprint density at radius 1 is 0.705 bits per heavy atom. The molecule has 0 bridgehead atoms. The van der Waals surface area contributed by atoms with E-state index in [1.807, 2.05) is 18.2 Å². The molecule has 6 atom stereocenters. The molecule has 1 heterocycles. The van der Waals surface area contributed by atoms with E-state index in [9.17, 15) is 48.6 Å². The monoisotopic (exact) mass is 876 g/mol. The third kappa shape index (κ3) is 18.9. The van der Waals surface area contributed by atoms with E-state index in [1.54, 1.807) is 18.5 Å². The van der Waals surface area contributed by atoms with Crippen LogP contribution in [0, 0.1) is 0 Å². The molecule has 61 heavy (non-hydrogen) atoms. The van der Waals surface area contributed by atoms with Crippen molar-refractivity contribution in [3.63, 3.8) is 0 Å². The van der Waals surface area contributed by atoms with E-state index in [4.69, 9.17) is 28.7 Å². The van der Waals surface area contributed by atoms with Gasteiger partial charge < -0.3 is 70.4 Å². The number of nitrogens with zero attached hydrogens (tertiary/aromatic N) is 1. The second kappa shape index (κ2) is 27.0. The topological polar surface area (TPSA) is 395 Å². The number of nitrogens with one attached hydrogen (secondary N) is 6. The number of unbranched alkanes of at least 4 members (excludes halogenated alkanes) is 1. The number of para-hydroxylation sites is 1. The summed E-state index contributed by atoms with van der Waals surface area (Å²) < 4.78 is 0. The van der Waals surface area contributed by atoms with Crippen molar-refractivity contribution in [2.75, 3.05) is 25.1 Å². The molecule has 22 nitrogen and oxygen atoms in total. The second-order valence-electron chi connectivity index (χ2n) is 14.3. The zero-order valence-corrected chi connectivity index (χ0v) is 35.0. The minimum Gasteiger partial charge on any atom is -0.481 e. The van der Waals surface area contributed by atoms with Gasteiger partial charge in [0.1, 0.15) is 30.2 Å². The molecule has 0 unspecified atom stereocenters. The molecule has 18 N–H and O–H groups in total. The average Bonchev–Trinajstić information content (AvgIpc) is 3.62. The summed E-state index contributed by atoms with van der Waals surface area (Å²) in [6, 6.07) is -0.877. The molecule has 2 aromatic rings. The number of aromatic nitrogens is 1. The zero-order valence-electron chi connectivity index (χ0n) is 34.2. The van der Waals surface area contributed by atoms with Crippen LogP contribution in [-0.4, -0.2) is 130 Å². The number of carboxylic acid groups (broad SMARTS) is 2. The van der Waals surface area contributed by atoms with E-state index in [-0.39, 0.29) is 44.6 Å². The summed E-state index contributed by atoms with van der Waals surface area (Å²) in [6.07, 6.45) is 3.07. The van der Waals surface area contributed by atoms with E-state index in [0.717, 1.165) is 10.9 Å². The molecular weight excluding hydrogens is 817 g/mol. The summed E-state index contributed by atoms with van der Waals surface area (Å²) >= 11 is 1.35. The number of nitrogens with two attached hydrogens (primary N) is 5. The molecule has 0 fully saturated rings. The summed E-state index contributed by atoms with van der Waals surface area (Å²) in [7, 11) is 0. The van der Waals surface area contributed by atoms with Crippen LogP contribution in [0.25, 0.3) is 10.9 Å². The van der Waals surface area contributed by atoms with Crippen molar-refractivity contribution in [2.45, 2.75) is 107 Å². The van der Waals surface area contributed by atoms with Gasteiger partial charge in [-0.3, -0.25) is 38.6 Å². The summed E-state index contributed by atoms with van der Waals surface area (Å²) in [6.45, 7) is 0.529. The maximum atomic E-state index is 14.1. The Kier molecular flexibility index (Phi) is 22.7. The Morgan fingerprint density at radius 3 is 1.82 bits per heavy atom. The molecular formula is C38H60N12O10S. The maximum absolute atomic E-state index is 14.1. The van der Waals surface area contributed by atoms with Gasteiger partial charge in [0.25, 0.3) is 0 Å². The molecule has 0 aliphatic rings. The first-order chi connectivity index (χ1) is 29.0. The number of carbonyl (C=O) groups excluding carboxylic acids is 6. The van der Waals surface area contributed by atoms with Gasteiger partial charge in [0.2, 0.25) is 35.4 Å². The van der Waals surface area contributed by atoms with E-state index >= 15 is 0 Å². The number of fused-ring (bicyclic) bond motifs is 1. The number of primary amides is 1. The van der Waals surface area contributed by atoms with Gasteiger partial charge >= 0.3 is 11.9 Å². The number of H-pyrrole nitrogens is 1. The number of thioether (sulfide) groups is 1. The Morgan fingerprint density at radius 2 is 1.26 bits per heavy atom. The number of benzene rings is 1. The first-order valence-corrected chi connectivity index (χ1v) is 21.2. The number of carbonyl (C=O) groups is 8. The summed E-state index contributed by atoms with van der Waals surface area (Å²) in [4.78, 5) is 111. The number of guanidine groups is 1. The van der Waals surface area contributed by atoms with Crippen molar-refractivity contribution >= 4 is 76.0 Å². The Bertz CT molecular complexity index is 1840. The van der Waals surface area contributed by atoms with E-state index in [0.29, 0.717) is 37.1 Å². The summed E-state index contributed by atoms with van der Waals surface area (Å²) in [5.41, 5.74) is 29.1. The summed E-state index contributed by atoms with van der Waals surface area (Å²) in [5, 5.41) is 32.5. The molecule has 0 aliphatic heterocycles. The van der Waals surface area contributed by atoms with Crippen molar-refractivity contribution < 1.29 is 48.6 Å². The van der Waals surface area contributed by atoms with Crippen molar-refractivity contribution in [1.29, 1.82) is 0 Å². The SMILES string of the molecule is CSCC[C@H](NC(=O)[C@H](CCC(=O)O)NC(=O)[C@H](CCC(N)=O)NC(=O)[C@H](Cc1c[nH]c2ccccc12)NC(=O)[C@@H](N)CCCN=C(N)N)C(=O)N[C@@H](CCCCN)C(=O)O. The minimum absolute atomic E-state index is 0.0498. The first kappa shape index (κ1) is 51.2. The van der Waals surface area contributed by atoms with Gasteiger partial charge in [0.15, 0.2) is 5.96 Å². The van der Waals surface area contributed by atoms with Gasteiger partial charge in [-0.05, 0) is 81.5 Å². The third-order valence-corrected chi connectivity index (χ3v) is 10.1. The van der Waals surface area contributed by atoms with Crippen LogP contribution in [-0.2, 0) is 44.8 Å². The largest absolute Gasteiger partial charge is 0.481 e. The lowest BCUT2D eigenvalue weighted by atomic mass is 10.0. The Labute approximate surface area is 357 Å². The van der Waals surface area contributed by atoms with Crippen LogP contribution < -0.4 is 55.3 Å². The van der Waals surface area contributed by atoms with Gasteiger partial charge in [0.05, 0.1) is 6.04 Å². The predicted octanol–water partition coefficient (Wildman–Crippen LogP) is -2.39. The number of carboxylic acids is 2. The van der Waals surface area contributed by atoms with Gasteiger partial charge in [-0.2, -0.15) is 11.8 Å². The van der Waals surface area contributed by atoms with Crippen molar-refractivity contribution in [1.82, 2.24) is 31.6 Å². The van der Waals surface area contributed by atoms with Crippen molar-refractivity contribution in [3.05, 3.63) is 36.0 Å². The van der Waals surface area contributed by atoms with Gasteiger partial charge in [-0.1, -0.05) is 18.2 Å². The van der Waals surface area contributed by atoms with E-state index in [2.05, 4.69) is 36.6 Å². The van der Waals surface area contributed by atoms with E-state index in [1.165, 1.54) is 11.8 Å². The fraction of sp³-hybridized carbons (Fsp3) is 0.553. The smallest absolute Gasteiger partial charge is 0.326 e. The van der Waals surface area contributed by atoms with Crippen molar-refractivity contribution in [2.24, 2.45) is 33.7 Å². The number of rotatable bonds is 30. The molecule has 1 aromatic heterocycles. The molecule has 0 radical (unpaired) electrons. The van der Waals surface area contributed by atoms with Gasteiger partial charge in [-0.15, -0.1) is 0 Å². The van der Waals surface area contributed by atoms with E-state index < -0.39 is 103 Å². The molecule has 23 heteroatoms. The molecule has 2 rings (SSSR count). The van der Waals surface area contributed by atoms with Crippen molar-refractivity contribution in [3.8, 4) is 0 Å². The normalized spacial score (nSPS) is 14.0. The fourth-order valence-electron chi connectivity index (χ4n) is 6.09. The number of hydrogen-bond acceptors (Lipinski definition) is 12. The first-order valence-electron chi connectivity index (χ1n) is 19.8. The fourth-order valence-corrected chi connectivity index (χ4v) is 6.57. The second-order valence-corrected chi connectivity index (χ2v) is 15.3. The maximum Gasteiger partial charge on any atom is 0.326 e. The molecule has 0 saturated heterocycles. The number of hydrogen-bond donors (Lipinski definition) is 13. The highest BCUT2D eigenvalue weighted by molar-refractivity contribution is 7.98. The van der Waals surface area contributed by atoms with Crippen LogP contribution >= 0.6 is 11.8 Å². The standard InChI is InChI=1S/C38H60N12O10S/c1-61-18-15-27(35(57)49-28(37(59)60)10-4-5-16-39)48-34(56)26(12-14-31(52)53)46-33(55)25(11-13-30(41)51)47-36(58)29(19-21-20-45-24-9-3-2-7-22(21)24)50-32(54)23(40)8-6-17-44-38(42)43/h2-3,7,9,20,23,25-29,45H,4-6,8,10-19,39-40H2,1H3,(H2,41,51)(H,46,55)(H,47,58)(H,48,56)(H,49,57)(H,50,54)(H,52,53)(H,59,60)(H4,42,43,44)/t23-,25-,26-,27-,28-,29-/m0/s1. The van der Waals surface area contributed by atoms with Gasteiger partial charge in [-0.25, -0.2) is 4.79 Å². The van der Waals surface area contributed by atoms with Crippen LogP contribution in [0.4, 0.5) is 0 Å². The highest BCUT2D eigenvalue weighted by Crippen LogP contribution is 2.20. The number of aliphatic carboxylic acids is 2. The highest BCUT2D eigenvalue weighted by atomic mass is 32.2. The lowest BCUT2D eigenvalue weighted by molar-refractivity contribution is -0.142. The number of amides is 6. The third-order valence-electron chi connectivity index (χ3n) is 9.43.